The third-order valence-corrected chi connectivity index (χ3v) is 3.22. The maximum atomic E-state index is 6.10. The van der Waals surface area contributed by atoms with Crippen LogP contribution in [0.5, 0.6) is 0 Å². The van der Waals surface area contributed by atoms with E-state index < -0.39 is 0 Å². The molecule has 0 radical (unpaired) electrons. The molecule has 17 heavy (non-hydrogen) atoms. The fraction of sp³-hybridized carbons (Fsp3) is 0.308. The minimum absolute atomic E-state index is 0.520. The molecule has 0 aliphatic carbocycles. The van der Waals surface area contributed by atoms with E-state index in [0.29, 0.717) is 11.0 Å². The van der Waals surface area contributed by atoms with E-state index in [9.17, 15) is 0 Å². The first-order valence-corrected chi connectivity index (χ1v) is 5.95. The molecule has 2 aromatic heterocycles. The Morgan fingerprint density at radius 3 is 2.65 bits per heavy atom. The molecular formula is C13H14ClN3. The summed E-state index contributed by atoms with van der Waals surface area (Å²) in [7, 11) is 0. The van der Waals surface area contributed by atoms with Crippen LogP contribution in [0.1, 0.15) is 23.7 Å². The van der Waals surface area contributed by atoms with E-state index in [1.54, 1.807) is 6.20 Å². The lowest BCUT2D eigenvalue weighted by molar-refractivity contribution is 1.04. The molecule has 0 saturated carbocycles. The zero-order valence-electron chi connectivity index (χ0n) is 10.2. The summed E-state index contributed by atoms with van der Waals surface area (Å²) in [6.45, 7) is 5.96. The molecule has 4 heteroatoms. The van der Waals surface area contributed by atoms with E-state index >= 15 is 0 Å². The topological polar surface area (TPSA) is 38.7 Å². The Kier molecular flexibility index (Phi) is 3.38. The van der Waals surface area contributed by atoms with Crippen LogP contribution < -0.4 is 0 Å². The summed E-state index contributed by atoms with van der Waals surface area (Å²) in [4.78, 5) is 12.9. The molecule has 0 aliphatic rings. The van der Waals surface area contributed by atoms with Gasteiger partial charge in [0.15, 0.2) is 5.82 Å². The van der Waals surface area contributed by atoms with Crippen LogP contribution in [0, 0.1) is 13.8 Å². The Hall–Kier alpha value is -1.48. The van der Waals surface area contributed by atoms with Gasteiger partial charge in [-0.1, -0.05) is 18.5 Å². The van der Waals surface area contributed by atoms with Gasteiger partial charge in [0.05, 0.1) is 0 Å². The molecule has 0 saturated heterocycles. The van der Waals surface area contributed by atoms with Crippen molar-refractivity contribution in [2.24, 2.45) is 0 Å². The van der Waals surface area contributed by atoms with Crippen LogP contribution in [0.3, 0.4) is 0 Å². The predicted octanol–water partition coefficient (Wildman–Crippen LogP) is 3.37. The number of aromatic nitrogens is 3. The van der Waals surface area contributed by atoms with Crippen LogP contribution in [-0.4, -0.2) is 15.0 Å². The summed E-state index contributed by atoms with van der Waals surface area (Å²) in [5, 5.41) is 0.520. The Morgan fingerprint density at radius 2 is 2.00 bits per heavy atom. The largest absolute Gasteiger partial charge is 0.264 e. The quantitative estimate of drug-likeness (QED) is 0.764. The molecule has 0 N–H and O–H groups in total. The number of halogens is 1. The standard InChI is InChI=1S/C13H14ClN3/c1-4-10-7-15-6-5-11(10)13-16-9(3)8(2)12(14)17-13/h5-7H,4H2,1-3H3. The second-order valence-electron chi connectivity index (χ2n) is 3.93. The summed E-state index contributed by atoms with van der Waals surface area (Å²) in [5.74, 6) is 0.678. The number of hydrogen-bond donors (Lipinski definition) is 0. The minimum atomic E-state index is 0.520. The Bertz CT molecular complexity index is 529. The highest BCUT2D eigenvalue weighted by atomic mass is 35.5. The monoisotopic (exact) mass is 247 g/mol. The summed E-state index contributed by atoms with van der Waals surface area (Å²) in [6, 6.07) is 1.93. The minimum Gasteiger partial charge on any atom is -0.264 e. The Balaban J connectivity index is 2.61. The van der Waals surface area contributed by atoms with Crippen LogP contribution in [0.4, 0.5) is 0 Å². The van der Waals surface area contributed by atoms with Gasteiger partial charge in [-0.15, -0.1) is 0 Å². The van der Waals surface area contributed by atoms with Crippen molar-refractivity contribution < 1.29 is 0 Å². The summed E-state index contributed by atoms with van der Waals surface area (Å²) in [5.41, 5.74) is 3.99. The van der Waals surface area contributed by atoms with E-state index in [1.165, 1.54) is 0 Å². The first kappa shape index (κ1) is 12.0. The van der Waals surface area contributed by atoms with E-state index in [2.05, 4.69) is 21.9 Å². The normalized spacial score (nSPS) is 10.6. The van der Waals surface area contributed by atoms with Crippen LogP contribution in [-0.2, 0) is 6.42 Å². The van der Waals surface area contributed by atoms with Crippen molar-refractivity contribution in [2.75, 3.05) is 0 Å². The van der Waals surface area contributed by atoms with E-state index in [4.69, 9.17) is 11.6 Å². The molecule has 0 amide bonds. The lowest BCUT2D eigenvalue weighted by Gasteiger charge is -2.08. The number of pyridine rings is 1. The van der Waals surface area contributed by atoms with Crippen molar-refractivity contribution in [3.63, 3.8) is 0 Å². The van der Waals surface area contributed by atoms with Gasteiger partial charge in [-0.05, 0) is 31.9 Å². The van der Waals surface area contributed by atoms with E-state index in [-0.39, 0.29) is 0 Å². The summed E-state index contributed by atoms with van der Waals surface area (Å²) >= 11 is 6.10. The molecule has 0 unspecified atom stereocenters. The lowest BCUT2D eigenvalue weighted by atomic mass is 10.1. The number of aryl methyl sites for hydroxylation is 2. The molecule has 0 aliphatic heterocycles. The van der Waals surface area contributed by atoms with Gasteiger partial charge in [-0.25, -0.2) is 9.97 Å². The lowest BCUT2D eigenvalue weighted by Crippen LogP contribution is -1.99. The van der Waals surface area contributed by atoms with Crippen molar-refractivity contribution in [3.8, 4) is 11.4 Å². The number of hydrogen-bond acceptors (Lipinski definition) is 3. The molecule has 2 rings (SSSR count). The smallest absolute Gasteiger partial charge is 0.161 e. The van der Waals surface area contributed by atoms with Crippen molar-refractivity contribution >= 4 is 11.6 Å². The average molecular weight is 248 g/mol. The highest BCUT2D eigenvalue weighted by molar-refractivity contribution is 6.30. The highest BCUT2D eigenvalue weighted by Crippen LogP contribution is 2.24. The third kappa shape index (κ3) is 2.29. The zero-order valence-corrected chi connectivity index (χ0v) is 10.9. The number of nitrogens with zero attached hydrogens (tertiary/aromatic N) is 3. The average Bonchev–Trinajstić information content (AvgIpc) is 2.35. The van der Waals surface area contributed by atoms with Crippen molar-refractivity contribution in [2.45, 2.75) is 27.2 Å². The van der Waals surface area contributed by atoms with Crippen LogP contribution in [0.2, 0.25) is 5.15 Å². The van der Waals surface area contributed by atoms with Gasteiger partial charge in [-0.2, -0.15) is 0 Å². The molecule has 88 valence electrons. The maximum Gasteiger partial charge on any atom is 0.161 e. The van der Waals surface area contributed by atoms with Gasteiger partial charge in [0.25, 0.3) is 0 Å². The molecule has 0 atom stereocenters. The van der Waals surface area contributed by atoms with Gasteiger partial charge in [-0.3, -0.25) is 4.98 Å². The summed E-state index contributed by atoms with van der Waals surface area (Å²) in [6.07, 6.45) is 4.50. The van der Waals surface area contributed by atoms with Gasteiger partial charge in [0, 0.05) is 29.2 Å². The Labute approximate surface area is 106 Å². The molecule has 2 heterocycles. The van der Waals surface area contributed by atoms with Crippen LogP contribution in [0.25, 0.3) is 11.4 Å². The molecule has 0 fully saturated rings. The second-order valence-corrected chi connectivity index (χ2v) is 4.29. The van der Waals surface area contributed by atoms with Crippen molar-refractivity contribution in [1.82, 2.24) is 15.0 Å². The molecule has 0 bridgehead atoms. The maximum absolute atomic E-state index is 6.10. The molecular weight excluding hydrogens is 234 g/mol. The van der Waals surface area contributed by atoms with Crippen molar-refractivity contribution in [3.05, 3.63) is 40.4 Å². The van der Waals surface area contributed by atoms with Gasteiger partial charge in [0.2, 0.25) is 0 Å². The fourth-order valence-electron chi connectivity index (χ4n) is 1.64. The second kappa shape index (κ2) is 4.80. The predicted molar refractivity (Wildman–Crippen MR) is 69.1 cm³/mol. The first-order valence-electron chi connectivity index (χ1n) is 5.57. The molecule has 0 aromatic carbocycles. The molecule has 0 spiro atoms. The zero-order chi connectivity index (χ0) is 12.4. The van der Waals surface area contributed by atoms with E-state index in [0.717, 1.165) is 28.8 Å². The first-order chi connectivity index (χ1) is 8.13. The summed E-state index contributed by atoms with van der Waals surface area (Å²) < 4.78 is 0. The van der Waals surface area contributed by atoms with Crippen molar-refractivity contribution in [1.29, 1.82) is 0 Å². The van der Waals surface area contributed by atoms with E-state index in [1.807, 2.05) is 26.1 Å². The molecule has 2 aromatic rings. The highest BCUT2D eigenvalue weighted by Gasteiger charge is 2.10. The van der Waals surface area contributed by atoms with Crippen LogP contribution >= 0.6 is 11.6 Å². The van der Waals surface area contributed by atoms with Gasteiger partial charge in [0.1, 0.15) is 5.15 Å². The Morgan fingerprint density at radius 1 is 1.24 bits per heavy atom. The van der Waals surface area contributed by atoms with Gasteiger partial charge < -0.3 is 0 Å². The molecule has 3 nitrogen and oxygen atoms in total. The van der Waals surface area contributed by atoms with Gasteiger partial charge >= 0.3 is 0 Å². The number of rotatable bonds is 2. The fourth-order valence-corrected chi connectivity index (χ4v) is 1.86. The SMILES string of the molecule is CCc1cnccc1-c1nc(C)c(C)c(Cl)n1. The third-order valence-electron chi connectivity index (χ3n) is 2.86. The van der Waals surface area contributed by atoms with Crippen LogP contribution in [0.15, 0.2) is 18.5 Å².